The number of carbonyl (C=O) groups excluding carboxylic acids is 1. The number of hydrogen-bond donors (Lipinski definition) is 1. The fourth-order valence-corrected chi connectivity index (χ4v) is 5.86. The van der Waals surface area contributed by atoms with Crippen LogP contribution in [-0.4, -0.2) is 48.8 Å². The van der Waals surface area contributed by atoms with Crippen LogP contribution in [0, 0.1) is 0 Å². The van der Waals surface area contributed by atoms with Crippen molar-refractivity contribution in [3.63, 3.8) is 0 Å². The van der Waals surface area contributed by atoms with E-state index in [0.29, 0.717) is 30.7 Å². The summed E-state index contributed by atoms with van der Waals surface area (Å²) in [5.41, 5.74) is 1.25. The van der Waals surface area contributed by atoms with Crippen LogP contribution >= 0.6 is 0 Å². The van der Waals surface area contributed by atoms with E-state index in [4.69, 9.17) is 4.52 Å². The Labute approximate surface area is 159 Å². The zero-order valence-electron chi connectivity index (χ0n) is 15.3. The van der Waals surface area contributed by atoms with Gasteiger partial charge in [0.2, 0.25) is 15.9 Å². The molecule has 1 atom stereocenters. The maximum absolute atomic E-state index is 12.8. The quantitative estimate of drug-likeness (QED) is 0.844. The van der Waals surface area contributed by atoms with Gasteiger partial charge in [-0.2, -0.15) is 0 Å². The smallest absolute Gasteiger partial charge is 0.228 e. The predicted octanol–water partition coefficient (Wildman–Crippen LogP) is 2.22. The molecule has 8 heteroatoms. The van der Waals surface area contributed by atoms with Crippen LogP contribution in [0.3, 0.4) is 0 Å². The summed E-state index contributed by atoms with van der Waals surface area (Å²) in [6.45, 7) is 0.834. The number of nitrogens with one attached hydrogen (secondary N) is 1. The molecule has 1 aliphatic carbocycles. The number of aromatic nitrogens is 1. The van der Waals surface area contributed by atoms with E-state index >= 15 is 0 Å². The Kier molecular flexibility index (Phi) is 5.19. The number of fused-ring (bicyclic) bond motifs is 1. The van der Waals surface area contributed by atoms with Gasteiger partial charge in [0.05, 0.1) is 11.7 Å². The lowest BCUT2D eigenvalue weighted by Gasteiger charge is -2.33. The molecule has 2 heterocycles. The third-order valence-electron chi connectivity index (χ3n) is 5.63. The van der Waals surface area contributed by atoms with E-state index in [9.17, 15) is 13.2 Å². The molecule has 1 saturated heterocycles. The Hall–Kier alpha value is -1.93. The van der Waals surface area contributed by atoms with Crippen LogP contribution in [0.5, 0.6) is 0 Å². The first kappa shape index (κ1) is 18.4. The van der Waals surface area contributed by atoms with Gasteiger partial charge >= 0.3 is 0 Å². The number of amides is 1. The fraction of sp³-hybridized carbons (Fsp3) is 0.579. The van der Waals surface area contributed by atoms with Gasteiger partial charge in [-0.3, -0.25) is 4.79 Å². The van der Waals surface area contributed by atoms with Crippen LogP contribution in [0.2, 0.25) is 0 Å². The second-order valence-corrected chi connectivity index (χ2v) is 9.54. The largest absolute Gasteiger partial charge is 0.356 e. The van der Waals surface area contributed by atoms with Crippen LogP contribution in [0.15, 0.2) is 28.8 Å². The molecule has 146 valence electrons. The fourth-order valence-electron chi connectivity index (χ4n) is 4.11. The first-order valence-electron chi connectivity index (χ1n) is 9.65. The molecule has 0 bridgehead atoms. The van der Waals surface area contributed by atoms with Crippen molar-refractivity contribution in [2.75, 3.05) is 13.1 Å². The summed E-state index contributed by atoms with van der Waals surface area (Å²) in [4.78, 5) is 14.4. The summed E-state index contributed by atoms with van der Waals surface area (Å²) in [5, 5.41) is 4.30. The molecule has 4 rings (SSSR count). The van der Waals surface area contributed by atoms with Crippen molar-refractivity contribution in [1.82, 2.24) is 14.8 Å². The van der Waals surface area contributed by atoms with Gasteiger partial charge in [-0.1, -0.05) is 30.1 Å². The van der Waals surface area contributed by atoms with Crippen molar-refractivity contribution in [1.29, 1.82) is 0 Å². The van der Waals surface area contributed by atoms with E-state index in [1.165, 1.54) is 0 Å². The lowest BCUT2D eigenvalue weighted by Crippen LogP contribution is -2.50. The highest BCUT2D eigenvalue weighted by molar-refractivity contribution is 7.90. The SMILES string of the molecule is O=C(Cc1noc2ccccc12)N1CCCC(S(=O)(=O)NC2CCCC2)C1. The molecule has 2 aromatic rings. The molecular formula is C19H25N3O4S. The van der Waals surface area contributed by atoms with Crippen LogP contribution < -0.4 is 4.72 Å². The summed E-state index contributed by atoms with van der Waals surface area (Å²) in [6, 6.07) is 7.49. The average Bonchev–Trinajstić information content (AvgIpc) is 3.32. The minimum Gasteiger partial charge on any atom is -0.356 e. The number of piperidine rings is 1. The van der Waals surface area contributed by atoms with Gasteiger partial charge in [-0.15, -0.1) is 0 Å². The zero-order chi connectivity index (χ0) is 18.9. The monoisotopic (exact) mass is 391 g/mol. The van der Waals surface area contributed by atoms with E-state index in [2.05, 4.69) is 9.88 Å². The van der Waals surface area contributed by atoms with E-state index in [1.54, 1.807) is 4.90 Å². The standard InChI is InChI=1S/C19H25N3O4S/c23-19(12-17-16-9-3-4-10-18(16)26-20-17)22-11-5-8-15(13-22)27(24,25)21-14-6-1-2-7-14/h3-4,9-10,14-15,21H,1-2,5-8,11-13H2. The number of nitrogens with zero attached hydrogens (tertiary/aromatic N) is 2. The first-order valence-corrected chi connectivity index (χ1v) is 11.2. The number of likely N-dealkylation sites (tertiary alicyclic amines) is 1. The third-order valence-corrected chi connectivity index (χ3v) is 7.55. The van der Waals surface area contributed by atoms with Crippen LogP contribution in [0.1, 0.15) is 44.2 Å². The molecule has 1 aliphatic heterocycles. The Morgan fingerprint density at radius 2 is 1.96 bits per heavy atom. The normalized spacial score (nSPS) is 21.8. The van der Waals surface area contributed by atoms with Crippen molar-refractivity contribution in [2.45, 2.75) is 56.2 Å². The summed E-state index contributed by atoms with van der Waals surface area (Å²) in [6.07, 6.45) is 5.39. The first-order chi connectivity index (χ1) is 13.0. The zero-order valence-corrected chi connectivity index (χ0v) is 16.1. The van der Waals surface area contributed by atoms with Crippen LogP contribution in [-0.2, 0) is 21.2 Å². The molecule has 1 unspecified atom stereocenters. The highest BCUT2D eigenvalue weighted by atomic mass is 32.2. The Bertz CT molecular complexity index is 918. The van der Waals surface area contributed by atoms with E-state index in [1.807, 2.05) is 24.3 Å². The van der Waals surface area contributed by atoms with E-state index < -0.39 is 15.3 Å². The number of para-hydroxylation sites is 1. The molecule has 1 saturated carbocycles. The molecule has 1 N–H and O–H groups in total. The number of rotatable bonds is 5. The van der Waals surface area contributed by atoms with Gasteiger partial charge < -0.3 is 9.42 Å². The van der Waals surface area contributed by atoms with Crippen molar-refractivity contribution < 1.29 is 17.7 Å². The number of carbonyl (C=O) groups is 1. The summed E-state index contributed by atoms with van der Waals surface area (Å²) < 4.78 is 33.6. The summed E-state index contributed by atoms with van der Waals surface area (Å²) in [7, 11) is -3.41. The van der Waals surface area contributed by atoms with E-state index in [0.717, 1.165) is 31.1 Å². The van der Waals surface area contributed by atoms with E-state index in [-0.39, 0.29) is 24.9 Å². The van der Waals surface area contributed by atoms with Gasteiger partial charge in [0.1, 0.15) is 5.69 Å². The second kappa shape index (κ2) is 7.59. The van der Waals surface area contributed by atoms with Crippen LogP contribution in [0.4, 0.5) is 0 Å². The number of hydrogen-bond acceptors (Lipinski definition) is 5. The molecule has 1 aromatic carbocycles. The molecule has 1 amide bonds. The average molecular weight is 391 g/mol. The lowest BCUT2D eigenvalue weighted by atomic mass is 10.1. The topological polar surface area (TPSA) is 92.5 Å². The predicted molar refractivity (Wildman–Crippen MR) is 102 cm³/mol. The number of sulfonamides is 1. The summed E-state index contributed by atoms with van der Waals surface area (Å²) in [5.74, 6) is -0.102. The highest BCUT2D eigenvalue weighted by Crippen LogP contribution is 2.23. The Morgan fingerprint density at radius 3 is 2.78 bits per heavy atom. The minimum atomic E-state index is -3.41. The maximum atomic E-state index is 12.8. The van der Waals surface area contributed by atoms with Crippen LogP contribution in [0.25, 0.3) is 11.0 Å². The third kappa shape index (κ3) is 4.01. The molecule has 2 aliphatic rings. The second-order valence-electron chi connectivity index (χ2n) is 7.55. The molecule has 7 nitrogen and oxygen atoms in total. The molecule has 0 radical (unpaired) electrons. The van der Waals surface area contributed by atoms with Gasteiger partial charge in [0.25, 0.3) is 0 Å². The maximum Gasteiger partial charge on any atom is 0.228 e. The Morgan fingerprint density at radius 1 is 1.19 bits per heavy atom. The molecule has 1 aromatic heterocycles. The lowest BCUT2D eigenvalue weighted by molar-refractivity contribution is -0.131. The molecule has 2 fully saturated rings. The number of benzene rings is 1. The highest BCUT2D eigenvalue weighted by Gasteiger charge is 2.34. The minimum absolute atomic E-state index is 0.0579. The van der Waals surface area contributed by atoms with Crippen molar-refractivity contribution in [3.8, 4) is 0 Å². The van der Waals surface area contributed by atoms with Gasteiger partial charge in [0.15, 0.2) is 5.58 Å². The van der Waals surface area contributed by atoms with Crippen molar-refractivity contribution in [3.05, 3.63) is 30.0 Å². The van der Waals surface area contributed by atoms with Gasteiger partial charge in [-0.05, 0) is 37.8 Å². The summed E-state index contributed by atoms with van der Waals surface area (Å²) >= 11 is 0. The van der Waals surface area contributed by atoms with Gasteiger partial charge in [0, 0.05) is 24.5 Å². The molecule has 0 spiro atoms. The molecule has 27 heavy (non-hydrogen) atoms. The van der Waals surface area contributed by atoms with Crippen molar-refractivity contribution >= 4 is 26.9 Å². The van der Waals surface area contributed by atoms with Crippen molar-refractivity contribution in [2.24, 2.45) is 0 Å². The Balaban J connectivity index is 1.42. The van der Waals surface area contributed by atoms with Gasteiger partial charge in [-0.25, -0.2) is 13.1 Å². The molecular weight excluding hydrogens is 366 g/mol.